The molecular weight excluding hydrogens is 240 g/mol. The number of hydrogen-bond donors (Lipinski definition) is 0. The molecule has 0 aliphatic rings. The van der Waals surface area contributed by atoms with Gasteiger partial charge < -0.3 is 0 Å². The Balaban J connectivity index is 4.05. The summed E-state index contributed by atoms with van der Waals surface area (Å²) in [5.41, 5.74) is -8.18. The van der Waals surface area contributed by atoms with Gasteiger partial charge in [0.1, 0.15) is 0 Å². The van der Waals surface area contributed by atoms with Crippen LogP contribution in [0, 0.1) is 36.4 Å². The van der Waals surface area contributed by atoms with E-state index >= 15 is 0 Å². The molecule has 1 rings (SSSR count). The lowest BCUT2D eigenvalue weighted by Crippen LogP contribution is -2.23. The monoisotopic (exact) mass is 240 g/mol. The average molecular weight is 240 g/mol. The maximum Gasteiger partial charge on any atom is 0.285 e. The van der Waals surface area contributed by atoms with E-state index in [1.165, 1.54) is 0 Å². The molecule has 0 fully saturated rings. The largest absolute Gasteiger partial charge is 0.285 e. The molecule has 0 aliphatic heterocycles. The molecule has 0 amide bonds. The highest BCUT2D eigenvalue weighted by atomic mass is 16.2. The molecule has 0 N–H and O–H groups in total. The number of rotatable bonds is 0. The summed E-state index contributed by atoms with van der Waals surface area (Å²) >= 11 is 0. The molecule has 0 heterocycles. The Morgan fingerprint density at radius 3 is 0.556 bits per heavy atom. The van der Waals surface area contributed by atoms with Crippen LogP contribution in [0.1, 0.15) is 0 Å². The first-order valence-corrected chi connectivity index (χ1v) is 4.22. The third-order valence-electron chi connectivity index (χ3n) is 1.49. The van der Waals surface area contributed by atoms with Crippen LogP contribution in [0.4, 0.5) is 0 Å². The predicted octanol–water partition coefficient (Wildman–Crippen LogP) is -3.35. The normalized spacial score (nSPS) is 8.00. The average Bonchev–Trinajstić information content (AvgIpc) is 2.36. The molecule has 0 aliphatic carbocycles. The van der Waals surface area contributed by atoms with Crippen LogP contribution in [0.15, 0.2) is 28.8 Å². The minimum atomic E-state index is -1.36. The van der Waals surface area contributed by atoms with Crippen LogP contribution >= 0.6 is 0 Å². The van der Waals surface area contributed by atoms with Gasteiger partial charge in [0, 0.05) is 0 Å². The van der Waals surface area contributed by atoms with Gasteiger partial charge in [-0.05, 0) is 36.4 Å². The van der Waals surface area contributed by atoms with E-state index < -0.39 is 32.6 Å². The van der Waals surface area contributed by atoms with Crippen LogP contribution in [0.25, 0.3) is 0 Å². The van der Waals surface area contributed by atoms with Gasteiger partial charge >= 0.3 is 0 Å². The van der Waals surface area contributed by atoms with E-state index in [0.717, 1.165) is 0 Å². The van der Waals surface area contributed by atoms with Gasteiger partial charge in [0.15, 0.2) is 0 Å². The van der Waals surface area contributed by atoms with Gasteiger partial charge in [-0.25, -0.2) is 0 Å². The van der Waals surface area contributed by atoms with Crippen molar-refractivity contribution in [2.24, 2.45) is 0 Å². The Labute approximate surface area is 98.5 Å². The molecule has 0 atom stereocenters. The van der Waals surface area contributed by atoms with Gasteiger partial charge in [-0.15, -0.1) is 0 Å². The van der Waals surface area contributed by atoms with Crippen molar-refractivity contribution in [1.29, 1.82) is 0 Å². The summed E-state index contributed by atoms with van der Waals surface area (Å²) in [5.74, 6) is 0. The molecule has 1 aromatic rings. The topological polar surface area (TPSA) is 102 Å². The first kappa shape index (κ1) is 12.8. The Bertz CT molecular complexity index is 658. The van der Waals surface area contributed by atoms with Crippen LogP contribution in [-0.2, 0) is 0 Å². The maximum atomic E-state index is 10.9. The third-order valence-corrected chi connectivity index (χ3v) is 1.49. The second-order valence-corrected chi connectivity index (χ2v) is 2.72. The summed E-state index contributed by atoms with van der Waals surface area (Å²) in [4.78, 5) is 65.7. The first-order chi connectivity index (χ1) is 8.41. The summed E-state index contributed by atoms with van der Waals surface area (Å²) < 4.78 is 0. The van der Waals surface area contributed by atoms with Crippen LogP contribution in [-0.4, -0.2) is 0 Å². The molecular formula is C12O6. The van der Waals surface area contributed by atoms with Crippen molar-refractivity contribution in [2.45, 2.75) is 0 Å². The van der Waals surface area contributed by atoms with Crippen molar-refractivity contribution in [2.75, 3.05) is 0 Å². The molecule has 0 saturated heterocycles. The fourth-order valence-electron chi connectivity index (χ4n) is 0.681. The van der Waals surface area contributed by atoms with Gasteiger partial charge in [0.05, 0.1) is 0 Å². The Hall–Kier alpha value is -3.30. The van der Waals surface area contributed by atoms with E-state index in [2.05, 4.69) is 0 Å². The van der Waals surface area contributed by atoms with Crippen molar-refractivity contribution in [3.63, 3.8) is 0 Å². The van der Waals surface area contributed by atoms with Crippen molar-refractivity contribution < 1.29 is 0 Å². The fraction of sp³-hybridized carbons (Fsp3) is 0. The summed E-state index contributed by atoms with van der Waals surface area (Å²) in [6, 6.07) is 9.49. The molecule has 0 spiro atoms. The van der Waals surface area contributed by atoms with Crippen LogP contribution in [0.5, 0.6) is 0 Å². The van der Waals surface area contributed by atoms with Gasteiger partial charge in [-0.3, -0.25) is 28.8 Å². The number of hydrogen-bond acceptors (Lipinski definition) is 6. The van der Waals surface area contributed by atoms with E-state index in [4.69, 9.17) is 0 Å². The van der Waals surface area contributed by atoms with Gasteiger partial charge in [-0.2, -0.15) is 0 Å². The Kier molecular flexibility index (Phi) is 3.66. The third kappa shape index (κ3) is 3.10. The molecule has 0 saturated carbocycles. The molecule has 1 aromatic carbocycles. The second kappa shape index (κ2) is 5.16. The van der Waals surface area contributed by atoms with Crippen LogP contribution in [0.2, 0.25) is 0 Å². The van der Waals surface area contributed by atoms with Crippen molar-refractivity contribution in [3.8, 4) is 0 Å². The lowest BCUT2D eigenvalue weighted by Gasteiger charge is -1.58. The molecule has 84 valence electrons. The van der Waals surface area contributed by atoms with E-state index in [9.17, 15) is 28.8 Å². The Morgan fingerprint density at radius 1 is 0.333 bits per heavy atom. The van der Waals surface area contributed by atoms with Gasteiger partial charge in [0.25, 0.3) is 32.6 Å². The lowest BCUT2D eigenvalue weighted by molar-refractivity contribution is 1.47. The van der Waals surface area contributed by atoms with E-state index in [0.29, 0.717) is 0 Å². The SMILES string of the molecule is O=c1c#cc(=O)c(=O)c#cc(=O)c(=O)c#cc1=O. The van der Waals surface area contributed by atoms with Crippen LogP contribution < -0.4 is 32.6 Å². The summed E-state index contributed by atoms with van der Waals surface area (Å²) in [6.07, 6.45) is 0. The highest BCUT2D eigenvalue weighted by Gasteiger charge is 1.87. The lowest BCUT2D eigenvalue weighted by atomic mass is 10.4. The van der Waals surface area contributed by atoms with E-state index in [1.807, 2.05) is 0 Å². The molecule has 0 aromatic heterocycles. The molecule has 0 unspecified atom stereocenters. The minimum Gasteiger partial charge on any atom is -0.275 e. The zero-order valence-electron chi connectivity index (χ0n) is 8.45. The van der Waals surface area contributed by atoms with Crippen molar-refractivity contribution in [1.82, 2.24) is 0 Å². The summed E-state index contributed by atoms with van der Waals surface area (Å²) in [6.45, 7) is 0. The summed E-state index contributed by atoms with van der Waals surface area (Å²) in [7, 11) is 0. The second-order valence-electron chi connectivity index (χ2n) is 2.72. The van der Waals surface area contributed by atoms with Gasteiger partial charge in [-0.1, -0.05) is 0 Å². The van der Waals surface area contributed by atoms with Crippen LogP contribution in [0.3, 0.4) is 0 Å². The maximum absolute atomic E-state index is 10.9. The molecule has 6 nitrogen and oxygen atoms in total. The minimum absolute atomic E-state index is 1.36. The Morgan fingerprint density at radius 2 is 0.444 bits per heavy atom. The molecule has 18 heavy (non-hydrogen) atoms. The zero-order chi connectivity index (χ0) is 13.7. The van der Waals surface area contributed by atoms with Gasteiger partial charge in [0.2, 0.25) is 0 Å². The van der Waals surface area contributed by atoms with Crippen molar-refractivity contribution in [3.05, 3.63) is 97.7 Å². The van der Waals surface area contributed by atoms with Crippen molar-refractivity contribution >= 4 is 0 Å². The first-order valence-electron chi connectivity index (χ1n) is 4.22. The fourth-order valence-corrected chi connectivity index (χ4v) is 0.681. The molecule has 6 heteroatoms. The standard InChI is InChI=1S/C12O6/c13-7-1-2-8(14)10(16)5-6-12(18)11(17)4-3-9(7)15. The molecule has 0 bridgehead atoms. The zero-order valence-corrected chi connectivity index (χ0v) is 8.45. The smallest absolute Gasteiger partial charge is 0.275 e. The highest BCUT2D eigenvalue weighted by Crippen LogP contribution is 1.38. The highest BCUT2D eigenvalue weighted by molar-refractivity contribution is 4.89. The molecule has 0 radical (unpaired) electrons. The van der Waals surface area contributed by atoms with E-state index in [1.54, 1.807) is 36.4 Å². The summed E-state index contributed by atoms with van der Waals surface area (Å²) in [5, 5.41) is 0. The van der Waals surface area contributed by atoms with E-state index in [-0.39, 0.29) is 0 Å². The quantitative estimate of drug-likeness (QED) is 0.439. The predicted molar refractivity (Wildman–Crippen MR) is 57.1 cm³/mol.